The summed E-state index contributed by atoms with van der Waals surface area (Å²) in [5.41, 5.74) is 0.309. The molecule has 0 aliphatic heterocycles. The smallest absolute Gasteiger partial charge is 0.236 e. The summed E-state index contributed by atoms with van der Waals surface area (Å²) in [7, 11) is 2.73. The predicted molar refractivity (Wildman–Crippen MR) is 63.3 cm³/mol. The van der Waals surface area contributed by atoms with Crippen LogP contribution in [0.1, 0.15) is 11.1 Å². The van der Waals surface area contributed by atoms with Gasteiger partial charge in [-0.05, 0) is 12.1 Å². The van der Waals surface area contributed by atoms with Crippen LogP contribution < -0.4 is 0 Å². The zero-order valence-corrected chi connectivity index (χ0v) is 11.5. The van der Waals surface area contributed by atoms with Crippen molar-refractivity contribution < 1.29 is 17.5 Å². The molecule has 90 valence electrons. The van der Waals surface area contributed by atoms with Crippen LogP contribution in [0.5, 0.6) is 0 Å². The van der Waals surface area contributed by atoms with Gasteiger partial charge in [-0.1, -0.05) is 15.9 Å². The number of benzene rings is 1. The molecule has 0 atom stereocenters. The van der Waals surface area contributed by atoms with Crippen molar-refractivity contribution in [2.75, 3.05) is 7.11 Å². The average molecular weight is 332 g/mol. The minimum Gasteiger partial charge on any atom is -0.380 e. The number of hydrogen-bond donors (Lipinski definition) is 0. The zero-order chi connectivity index (χ0) is 12.3. The molecule has 0 spiro atoms. The maximum Gasteiger partial charge on any atom is 0.236 e. The maximum atomic E-state index is 13.7. The molecule has 3 nitrogen and oxygen atoms in total. The van der Waals surface area contributed by atoms with Gasteiger partial charge in [-0.15, -0.1) is 0 Å². The van der Waals surface area contributed by atoms with E-state index in [1.54, 1.807) is 0 Å². The van der Waals surface area contributed by atoms with Gasteiger partial charge in [0, 0.05) is 33.4 Å². The van der Waals surface area contributed by atoms with E-state index >= 15 is 0 Å². The zero-order valence-electron chi connectivity index (χ0n) is 8.34. The quantitative estimate of drug-likeness (QED) is 0.797. The fraction of sp³-hybridized carbons (Fsp3) is 0.333. The molecule has 0 bridgehead atoms. The molecule has 7 heteroatoms. The summed E-state index contributed by atoms with van der Waals surface area (Å²) in [6.45, 7) is 0.0700. The molecule has 16 heavy (non-hydrogen) atoms. The van der Waals surface area contributed by atoms with E-state index in [1.807, 2.05) is 0 Å². The average Bonchev–Trinajstić information content (AvgIpc) is 2.11. The normalized spacial score (nSPS) is 11.8. The topological polar surface area (TPSA) is 43.4 Å². The van der Waals surface area contributed by atoms with Crippen LogP contribution >= 0.6 is 26.6 Å². The Bertz CT molecular complexity index is 490. The summed E-state index contributed by atoms with van der Waals surface area (Å²) in [5.74, 6) is -1.15. The van der Waals surface area contributed by atoms with E-state index in [1.165, 1.54) is 19.2 Å². The number of methoxy groups -OCH3 is 1. The van der Waals surface area contributed by atoms with Gasteiger partial charge in [0.15, 0.2) is 0 Å². The minimum absolute atomic E-state index is 0.0245. The first-order chi connectivity index (χ1) is 7.33. The third-order valence-corrected chi connectivity index (χ3v) is 3.26. The first-order valence-corrected chi connectivity index (χ1v) is 7.48. The van der Waals surface area contributed by atoms with Crippen molar-refractivity contribution in [3.8, 4) is 0 Å². The maximum absolute atomic E-state index is 13.7. The molecule has 0 saturated carbocycles. The Morgan fingerprint density at radius 2 is 2.00 bits per heavy atom. The molecule has 0 amide bonds. The second-order valence-corrected chi connectivity index (χ2v) is 6.85. The van der Waals surface area contributed by atoms with E-state index < -0.39 is 20.6 Å². The van der Waals surface area contributed by atoms with Gasteiger partial charge in [-0.25, -0.2) is 12.8 Å². The lowest BCUT2D eigenvalue weighted by atomic mass is 10.1. The number of ether oxygens (including phenoxy) is 1. The monoisotopic (exact) mass is 330 g/mol. The molecular weight excluding hydrogens is 323 g/mol. The fourth-order valence-corrected chi connectivity index (χ4v) is 2.75. The summed E-state index contributed by atoms with van der Waals surface area (Å²) in [5, 5.41) is 0. The molecular formula is C9H9BrClFO3S. The van der Waals surface area contributed by atoms with Gasteiger partial charge in [0.05, 0.1) is 12.4 Å². The van der Waals surface area contributed by atoms with Crippen molar-refractivity contribution in [2.24, 2.45) is 0 Å². The Labute approximate surface area is 106 Å². The lowest BCUT2D eigenvalue weighted by molar-refractivity contribution is 0.181. The van der Waals surface area contributed by atoms with Crippen LogP contribution in [0.25, 0.3) is 0 Å². The molecule has 1 aromatic carbocycles. The number of rotatable bonds is 4. The van der Waals surface area contributed by atoms with Crippen LogP contribution in [0, 0.1) is 5.82 Å². The van der Waals surface area contributed by atoms with Gasteiger partial charge in [0.1, 0.15) is 5.82 Å². The summed E-state index contributed by atoms with van der Waals surface area (Å²) in [6, 6.07) is 2.91. The van der Waals surface area contributed by atoms with Crippen LogP contribution in [0.3, 0.4) is 0 Å². The van der Waals surface area contributed by atoms with Crippen LogP contribution in [0.15, 0.2) is 16.6 Å². The lowest BCUT2D eigenvalue weighted by Gasteiger charge is -2.07. The van der Waals surface area contributed by atoms with Gasteiger partial charge in [-0.3, -0.25) is 0 Å². The molecule has 0 radical (unpaired) electrons. The molecule has 0 N–H and O–H groups in total. The Balaban J connectivity index is 3.18. The third-order valence-electron chi connectivity index (χ3n) is 1.82. The molecule has 0 saturated heterocycles. The van der Waals surface area contributed by atoms with Gasteiger partial charge in [-0.2, -0.15) is 0 Å². The second kappa shape index (κ2) is 5.44. The molecule has 0 unspecified atom stereocenters. The molecule has 0 fully saturated rings. The molecule has 1 rings (SSSR count). The van der Waals surface area contributed by atoms with Crippen molar-refractivity contribution in [3.63, 3.8) is 0 Å². The second-order valence-electron chi connectivity index (χ2n) is 3.15. The Morgan fingerprint density at radius 3 is 2.50 bits per heavy atom. The summed E-state index contributed by atoms with van der Waals surface area (Å²) in [6.07, 6.45) is 0. The Kier molecular flexibility index (Phi) is 4.73. The highest BCUT2D eigenvalue weighted by Crippen LogP contribution is 2.23. The number of halogens is 3. The summed E-state index contributed by atoms with van der Waals surface area (Å²) < 4.78 is 40.9. The Hall–Kier alpha value is -0.170. The van der Waals surface area contributed by atoms with Crippen LogP contribution in [-0.4, -0.2) is 15.5 Å². The SMILES string of the molecule is COCc1cc(Br)cc(CS(=O)(=O)Cl)c1F. The first-order valence-electron chi connectivity index (χ1n) is 4.21. The third kappa shape index (κ3) is 4.01. The molecule has 0 heterocycles. The highest BCUT2D eigenvalue weighted by Gasteiger charge is 2.15. The van der Waals surface area contributed by atoms with Gasteiger partial charge in [0.25, 0.3) is 0 Å². The highest BCUT2D eigenvalue weighted by molar-refractivity contribution is 9.10. The largest absolute Gasteiger partial charge is 0.380 e. The van der Waals surface area contributed by atoms with E-state index in [9.17, 15) is 12.8 Å². The predicted octanol–water partition coefficient (Wildman–Crippen LogP) is 2.80. The highest BCUT2D eigenvalue weighted by atomic mass is 79.9. The minimum atomic E-state index is -3.78. The molecule has 0 aromatic heterocycles. The van der Waals surface area contributed by atoms with Crippen molar-refractivity contribution in [1.82, 2.24) is 0 Å². The van der Waals surface area contributed by atoms with Crippen molar-refractivity contribution >= 4 is 35.7 Å². The number of hydrogen-bond acceptors (Lipinski definition) is 3. The van der Waals surface area contributed by atoms with E-state index in [0.29, 0.717) is 4.47 Å². The van der Waals surface area contributed by atoms with Gasteiger partial charge in [0.2, 0.25) is 9.05 Å². The van der Waals surface area contributed by atoms with Crippen molar-refractivity contribution in [3.05, 3.63) is 33.5 Å². The molecule has 1 aromatic rings. The summed E-state index contributed by atoms with van der Waals surface area (Å²) >= 11 is 3.16. The van der Waals surface area contributed by atoms with E-state index in [2.05, 4.69) is 15.9 Å². The van der Waals surface area contributed by atoms with E-state index in [4.69, 9.17) is 15.4 Å². The van der Waals surface area contributed by atoms with Gasteiger partial charge >= 0.3 is 0 Å². The van der Waals surface area contributed by atoms with E-state index in [-0.39, 0.29) is 17.7 Å². The standard InChI is InChI=1S/C9H9BrClFO3S/c1-15-4-6-2-8(10)3-7(9(6)12)5-16(11,13)14/h2-3H,4-5H2,1H3. The molecule has 0 aliphatic rings. The van der Waals surface area contributed by atoms with Crippen LogP contribution in [0.4, 0.5) is 4.39 Å². The van der Waals surface area contributed by atoms with Gasteiger partial charge < -0.3 is 4.74 Å². The van der Waals surface area contributed by atoms with Crippen LogP contribution in [-0.2, 0) is 26.1 Å². The lowest BCUT2D eigenvalue weighted by Crippen LogP contribution is -2.02. The van der Waals surface area contributed by atoms with Crippen molar-refractivity contribution in [1.29, 1.82) is 0 Å². The first kappa shape index (κ1) is 13.9. The van der Waals surface area contributed by atoms with Crippen LogP contribution in [0.2, 0.25) is 0 Å². The summed E-state index contributed by atoms with van der Waals surface area (Å²) in [4.78, 5) is 0. The van der Waals surface area contributed by atoms with Crippen molar-refractivity contribution in [2.45, 2.75) is 12.4 Å². The molecule has 0 aliphatic carbocycles. The Morgan fingerprint density at radius 1 is 1.44 bits per heavy atom. The van der Waals surface area contributed by atoms with E-state index in [0.717, 1.165) is 0 Å². The fourth-order valence-electron chi connectivity index (χ4n) is 1.26.